The second-order valence-corrected chi connectivity index (χ2v) is 8.75. The van der Waals surface area contributed by atoms with E-state index in [-0.39, 0.29) is 4.90 Å². The Morgan fingerprint density at radius 3 is 2.53 bits per heavy atom. The molecule has 1 atom stereocenters. The lowest BCUT2D eigenvalue weighted by molar-refractivity contribution is -0.192. The number of carboxylic acid groups (broad SMARTS) is 1. The first kappa shape index (κ1) is 23.8. The predicted octanol–water partition coefficient (Wildman–Crippen LogP) is 2.08. The Bertz CT molecular complexity index is 962. The van der Waals surface area contributed by atoms with E-state index in [2.05, 4.69) is 24.9 Å². The lowest BCUT2D eigenvalue weighted by Gasteiger charge is -2.26. The highest BCUT2D eigenvalue weighted by Crippen LogP contribution is 2.24. The summed E-state index contributed by atoms with van der Waals surface area (Å²) in [5, 5.41) is 12.1. The van der Waals surface area contributed by atoms with E-state index in [1.807, 2.05) is 14.0 Å². The Morgan fingerprint density at radius 2 is 2.07 bits per heavy atom. The lowest BCUT2D eigenvalue weighted by Crippen LogP contribution is -2.34. The number of halogens is 3. The molecule has 0 aromatic carbocycles. The SMILES string of the molecule is Cc1cc(S(=O)(=O)Nc2cscn2)cnc1N(C)[C@H]1CCNC1.O=C(O)C(F)(F)F. The first-order chi connectivity index (χ1) is 13.9. The number of aromatic nitrogens is 2. The van der Waals surface area contributed by atoms with Crippen LogP contribution in [0.4, 0.5) is 24.8 Å². The van der Waals surface area contributed by atoms with Crippen LogP contribution in [0.5, 0.6) is 0 Å². The molecule has 2 aromatic rings. The van der Waals surface area contributed by atoms with Crippen molar-refractivity contribution in [3.63, 3.8) is 0 Å². The van der Waals surface area contributed by atoms with E-state index >= 15 is 0 Å². The molecule has 9 nitrogen and oxygen atoms in total. The zero-order chi connectivity index (χ0) is 22.5. The second-order valence-electron chi connectivity index (χ2n) is 6.35. The molecule has 0 radical (unpaired) electrons. The van der Waals surface area contributed by atoms with E-state index in [1.165, 1.54) is 17.5 Å². The van der Waals surface area contributed by atoms with Crippen LogP contribution in [0.2, 0.25) is 0 Å². The molecule has 0 bridgehead atoms. The predicted molar refractivity (Wildman–Crippen MR) is 105 cm³/mol. The fourth-order valence-electron chi connectivity index (χ4n) is 2.66. The van der Waals surface area contributed by atoms with Gasteiger partial charge in [-0.1, -0.05) is 0 Å². The monoisotopic (exact) mass is 467 g/mol. The van der Waals surface area contributed by atoms with E-state index in [9.17, 15) is 21.6 Å². The van der Waals surface area contributed by atoms with Crippen molar-refractivity contribution in [2.75, 3.05) is 29.8 Å². The van der Waals surface area contributed by atoms with E-state index in [0.29, 0.717) is 11.9 Å². The van der Waals surface area contributed by atoms with Crippen LogP contribution < -0.4 is 14.9 Å². The topological polar surface area (TPSA) is 125 Å². The Labute approximate surface area is 175 Å². The van der Waals surface area contributed by atoms with Gasteiger partial charge in [0.2, 0.25) is 0 Å². The largest absolute Gasteiger partial charge is 0.490 e. The van der Waals surface area contributed by atoms with Crippen LogP contribution in [0, 0.1) is 6.92 Å². The highest BCUT2D eigenvalue weighted by atomic mass is 32.2. The summed E-state index contributed by atoms with van der Waals surface area (Å²) < 4.78 is 58.9. The third-order valence-corrected chi connectivity index (χ3v) is 6.07. The summed E-state index contributed by atoms with van der Waals surface area (Å²) in [6.45, 7) is 3.80. The molecule has 14 heteroatoms. The number of aryl methyl sites for hydroxylation is 1. The van der Waals surface area contributed by atoms with Gasteiger partial charge < -0.3 is 15.3 Å². The maximum atomic E-state index is 12.4. The summed E-state index contributed by atoms with van der Waals surface area (Å²) in [5.74, 6) is -1.62. The number of rotatable bonds is 5. The van der Waals surface area contributed by atoms with Gasteiger partial charge in [0, 0.05) is 31.2 Å². The number of alkyl halides is 3. The molecule has 0 unspecified atom stereocenters. The van der Waals surface area contributed by atoms with E-state index in [1.54, 1.807) is 17.0 Å². The van der Waals surface area contributed by atoms with Gasteiger partial charge in [-0.25, -0.2) is 23.2 Å². The highest BCUT2D eigenvalue weighted by Gasteiger charge is 2.38. The van der Waals surface area contributed by atoms with E-state index < -0.39 is 22.2 Å². The number of nitrogens with zero attached hydrogens (tertiary/aromatic N) is 3. The Morgan fingerprint density at radius 1 is 1.40 bits per heavy atom. The molecular weight excluding hydrogens is 447 g/mol. The molecule has 0 amide bonds. The van der Waals surface area contributed by atoms with Gasteiger partial charge in [0.15, 0.2) is 5.82 Å². The zero-order valence-electron chi connectivity index (χ0n) is 16.0. The van der Waals surface area contributed by atoms with Crippen molar-refractivity contribution in [2.24, 2.45) is 0 Å². The zero-order valence-corrected chi connectivity index (χ0v) is 17.6. The van der Waals surface area contributed by atoms with Gasteiger partial charge in [0.25, 0.3) is 10.0 Å². The van der Waals surface area contributed by atoms with Crippen molar-refractivity contribution in [3.05, 3.63) is 28.7 Å². The summed E-state index contributed by atoms with van der Waals surface area (Å²) in [4.78, 5) is 19.5. The standard InChI is InChI=1S/C14H19N5O2S2.C2HF3O2/c1-10-5-12(23(20,21)18-13-8-22-9-17-13)7-16-14(10)19(2)11-3-4-15-6-11;3-2(4,5)1(6)7/h5,7-9,11,15,18H,3-4,6H2,1-2H3;(H,6,7)/t11-;/m0./s1. The molecule has 30 heavy (non-hydrogen) atoms. The number of likely N-dealkylation sites (N-methyl/N-ethyl adjacent to an activating group) is 1. The van der Waals surface area contributed by atoms with Crippen molar-refractivity contribution >= 4 is 39.0 Å². The number of anilines is 2. The lowest BCUT2D eigenvalue weighted by atomic mass is 10.2. The van der Waals surface area contributed by atoms with Gasteiger partial charge >= 0.3 is 12.1 Å². The quantitative estimate of drug-likeness (QED) is 0.611. The van der Waals surface area contributed by atoms with Crippen LogP contribution in [-0.2, 0) is 14.8 Å². The number of aliphatic carboxylic acids is 1. The van der Waals surface area contributed by atoms with Crippen molar-refractivity contribution < 1.29 is 31.5 Å². The van der Waals surface area contributed by atoms with E-state index in [4.69, 9.17) is 9.90 Å². The fraction of sp³-hybridized carbons (Fsp3) is 0.438. The smallest absolute Gasteiger partial charge is 0.475 e. The Kier molecular flexibility index (Phi) is 7.60. The minimum Gasteiger partial charge on any atom is -0.475 e. The number of pyridine rings is 1. The molecule has 2 aromatic heterocycles. The number of nitrogens with one attached hydrogen (secondary N) is 2. The molecule has 3 heterocycles. The fourth-order valence-corrected chi connectivity index (χ4v) is 4.25. The molecule has 3 N–H and O–H groups in total. The summed E-state index contributed by atoms with van der Waals surface area (Å²) >= 11 is 1.33. The number of hydrogen-bond donors (Lipinski definition) is 3. The molecule has 0 saturated carbocycles. The molecule has 3 rings (SSSR count). The van der Waals surface area contributed by atoms with Crippen LogP contribution in [-0.4, -0.2) is 61.8 Å². The number of carboxylic acids is 1. The maximum absolute atomic E-state index is 12.4. The molecular formula is C16H20F3N5O4S2. The van der Waals surface area contributed by atoms with Gasteiger partial charge in [-0.3, -0.25) is 4.72 Å². The normalized spacial score (nSPS) is 16.5. The average molecular weight is 467 g/mol. The Balaban J connectivity index is 0.000000396. The van der Waals surface area contributed by atoms with Gasteiger partial charge in [-0.2, -0.15) is 13.2 Å². The molecule has 1 aliphatic rings. The van der Waals surface area contributed by atoms with Crippen LogP contribution in [0.3, 0.4) is 0 Å². The van der Waals surface area contributed by atoms with Gasteiger partial charge in [0.1, 0.15) is 10.7 Å². The summed E-state index contributed by atoms with van der Waals surface area (Å²) in [6, 6.07) is 2.03. The van der Waals surface area contributed by atoms with Crippen molar-refractivity contribution in [3.8, 4) is 0 Å². The van der Waals surface area contributed by atoms with Gasteiger partial charge in [-0.15, -0.1) is 11.3 Å². The average Bonchev–Trinajstić information content (AvgIpc) is 3.34. The first-order valence-corrected chi connectivity index (χ1v) is 11.0. The molecule has 166 valence electrons. The van der Waals surface area contributed by atoms with Crippen LogP contribution in [0.25, 0.3) is 0 Å². The molecule has 0 aliphatic carbocycles. The first-order valence-electron chi connectivity index (χ1n) is 8.53. The molecule has 1 aliphatic heterocycles. The maximum Gasteiger partial charge on any atom is 0.490 e. The Hall–Kier alpha value is -2.45. The van der Waals surface area contributed by atoms with Crippen LogP contribution in [0.15, 0.2) is 28.0 Å². The third kappa shape index (κ3) is 6.27. The number of thiazole rings is 1. The number of sulfonamides is 1. The summed E-state index contributed by atoms with van der Waals surface area (Å²) in [6.07, 6.45) is -2.63. The van der Waals surface area contributed by atoms with Crippen LogP contribution >= 0.6 is 11.3 Å². The summed E-state index contributed by atoms with van der Waals surface area (Å²) in [7, 11) is -1.67. The minimum absolute atomic E-state index is 0.143. The van der Waals surface area contributed by atoms with Crippen molar-refractivity contribution in [1.82, 2.24) is 15.3 Å². The van der Waals surface area contributed by atoms with E-state index in [0.717, 1.165) is 30.9 Å². The van der Waals surface area contributed by atoms with Crippen molar-refractivity contribution in [2.45, 2.75) is 30.5 Å². The second kappa shape index (κ2) is 9.57. The summed E-state index contributed by atoms with van der Waals surface area (Å²) in [5.41, 5.74) is 2.41. The highest BCUT2D eigenvalue weighted by molar-refractivity contribution is 7.92. The van der Waals surface area contributed by atoms with Gasteiger partial charge in [-0.05, 0) is 31.5 Å². The van der Waals surface area contributed by atoms with Crippen molar-refractivity contribution in [1.29, 1.82) is 0 Å². The molecule has 0 spiro atoms. The van der Waals surface area contributed by atoms with Gasteiger partial charge in [0.05, 0.1) is 5.51 Å². The molecule has 1 saturated heterocycles. The third-order valence-electron chi connectivity index (χ3n) is 4.17. The van der Waals surface area contributed by atoms with Crippen LogP contribution in [0.1, 0.15) is 12.0 Å². The minimum atomic E-state index is -5.08. The number of carbonyl (C=O) groups is 1. The number of hydrogen-bond acceptors (Lipinski definition) is 8. The molecule has 1 fully saturated rings.